The third-order valence-corrected chi connectivity index (χ3v) is 5.36. The summed E-state index contributed by atoms with van der Waals surface area (Å²) >= 11 is 0. The van der Waals surface area contributed by atoms with Gasteiger partial charge < -0.3 is 16.0 Å². The SMILES string of the molecule is C=CCNC(=O)CN1CCN(CC(=O)Nc2ccccc2C(=O)Nc2cccc(C)c2)CC1. The predicted octanol–water partition coefficient (Wildman–Crippen LogP) is 2.11. The molecule has 1 aliphatic rings. The molecule has 2 aromatic rings. The molecule has 0 radical (unpaired) electrons. The fourth-order valence-electron chi connectivity index (χ4n) is 3.65. The van der Waals surface area contributed by atoms with Crippen LogP contribution < -0.4 is 16.0 Å². The van der Waals surface area contributed by atoms with Gasteiger partial charge >= 0.3 is 0 Å². The summed E-state index contributed by atoms with van der Waals surface area (Å²) in [6.45, 7) is 9.39. The molecule has 8 heteroatoms. The Balaban J connectivity index is 1.50. The van der Waals surface area contributed by atoms with Crippen LogP contribution in [0, 0.1) is 6.92 Å². The first-order valence-corrected chi connectivity index (χ1v) is 11.0. The first-order chi connectivity index (χ1) is 15.9. The van der Waals surface area contributed by atoms with Gasteiger partial charge in [0, 0.05) is 38.4 Å². The summed E-state index contributed by atoms with van der Waals surface area (Å²) in [6.07, 6.45) is 1.65. The van der Waals surface area contributed by atoms with Gasteiger partial charge in [-0.15, -0.1) is 6.58 Å². The Labute approximate surface area is 194 Å². The number of aryl methyl sites for hydroxylation is 1. The van der Waals surface area contributed by atoms with Crippen LogP contribution in [-0.2, 0) is 9.59 Å². The Morgan fingerprint density at radius 2 is 1.58 bits per heavy atom. The van der Waals surface area contributed by atoms with E-state index in [0.29, 0.717) is 56.2 Å². The molecule has 1 fully saturated rings. The average Bonchev–Trinajstić information content (AvgIpc) is 2.79. The van der Waals surface area contributed by atoms with E-state index in [1.165, 1.54) is 0 Å². The van der Waals surface area contributed by atoms with Crippen molar-refractivity contribution in [2.24, 2.45) is 0 Å². The van der Waals surface area contributed by atoms with Crippen molar-refractivity contribution < 1.29 is 14.4 Å². The van der Waals surface area contributed by atoms with Crippen LogP contribution in [0.4, 0.5) is 11.4 Å². The van der Waals surface area contributed by atoms with Crippen LogP contribution in [0.5, 0.6) is 0 Å². The van der Waals surface area contributed by atoms with Gasteiger partial charge in [-0.25, -0.2) is 0 Å². The number of nitrogens with zero attached hydrogens (tertiary/aromatic N) is 2. The van der Waals surface area contributed by atoms with Crippen LogP contribution in [0.2, 0.25) is 0 Å². The molecular weight excluding hydrogens is 418 g/mol. The summed E-state index contributed by atoms with van der Waals surface area (Å²) in [4.78, 5) is 41.4. The van der Waals surface area contributed by atoms with Gasteiger partial charge in [-0.05, 0) is 36.8 Å². The molecule has 33 heavy (non-hydrogen) atoms. The molecular formula is C25H31N5O3. The van der Waals surface area contributed by atoms with Crippen molar-refractivity contribution in [1.29, 1.82) is 0 Å². The van der Waals surface area contributed by atoms with Crippen LogP contribution in [0.15, 0.2) is 61.2 Å². The van der Waals surface area contributed by atoms with Crippen molar-refractivity contribution in [2.75, 3.05) is 56.4 Å². The van der Waals surface area contributed by atoms with Crippen molar-refractivity contribution in [1.82, 2.24) is 15.1 Å². The standard InChI is InChI=1S/C25H31N5O3/c1-3-11-26-23(31)17-29-12-14-30(15-13-29)18-24(32)28-22-10-5-4-9-21(22)25(33)27-20-8-6-7-19(2)16-20/h3-10,16H,1,11-15,17-18H2,2H3,(H,26,31)(H,27,33)(H,28,32). The Kier molecular flexibility index (Phi) is 8.74. The third kappa shape index (κ3) is 7.55. The molecule has 3 rings (SSSR count). The molecule has 0 aliphatic carbocycles. The average molecular weight is 450 g/mol. The number of carbonyl (C=O) groups excluding carboxylic acids is 3. The molecule has 3 N–H and O–H groups in total. The quantitative estimate of drug-likeness (QED) is 0.510. The summed E-state index contributed by atoms with van der Waals surface area (Å²) in [5, 5.41) is 8.53. The Hall–Kier alpha value is -3.49. The van der Waals surface area contributed by atoms with Gasteiger partial charge in [-0.1, -0.05) is 30.3 Å². The van der Waals surface area contributed by atoms with Crippen LogP contribution in [0.25, 0.3) is 0 Å². The number of carbonyl (C=O) groups is 3. The van der Waals surface area contributed by atoms with Gasteiger partial charge in [-0.3, -0.25) is 24.2 Å². The topological polar surface area (TPSA) is 93.8 Å². The van der Waals surface area contributed by atoms with E-state index < -0.39 is 0 Å². The number of anilines is 2. The maximum Gasteiger partial charge on any atom is 0.257 e. The summed E-state index contributed by atoms with van der Waals surface area (Å²) in [6, 6.07) is 14.5. The molecule has 0 aromatic heterocycles. The number of nitrogens with one attached hydrogen (secondary N) is 3. The van der Waals surface area contributed by atoms with E-state index >= 15 is 0 Å². The van der Waals surface area contributed by atoms with E-state index in [2.05, 4.69) is 27.4 Å². The number of hydrogen-bond donors (Lipinski definition) is 3. The Bertz CT molecular complexity index is 999. The normalized spacial score (nSPS) is 14.3. The highest BCUT2D eigenvalue weighted by Gasteiger charge is 2.21. The number of piperazine rings is 1. The van der Waals surface area contributed by atoms with E-state index in [1.54, 1.807) is 30.3 Å². The largest absolute Gasteiger partial charge is 0.352 e. The van der Waals surface area contributed by atoms with E-state index in [0.717, 1.165) is 5.56 Å². The summed E-state index contributed by atoms with van der Waals surface area (Å²) in [5.41, 5.74) is 2.64. The van der Waals surface area contributed by atoms with Crippen LogP contribution >= 0.6 is 0 Å². The van der Waals surface area contributed by atoms with Gasteiger partial charge in [0.2, 0.25) is 11.8 Å². The minimum Gasteiger partial charge on any atom is -0.352 e. The van der Waals surface area contributed by atoms with E-state index in [4.69, 9.17) is 0 Å². The summed E-state index contributed by atoms with van der Waals surface area (Å²) in [7, 11) is 0. The number of para-hydroxylation sites is 1. The lowest BCUT2D eigenvalue weighted by Gasteiger charge is -2.33. The van der Waals surface area contributed by atoms with Crippen LogP contribution in [0.1, 0.15) is 15.9 Å². The molecule has 1 saturated heterocycles. The molecule has 1 heterocycles. The maximum atomic E-state index is 12.8. The van der Waals surface area contributed by atoms with Crippen molar-refractivity contribution in [3.8, 4) is 0 Å². The first-order valence-electron chi connectivity index (χ1n) is 11.0. The van der Waals surface area contributed by atoms with Crippen LogP contribution in [0.3, 0.4) is 0 Å². The number of benzene rings is 2. The first kappa shape index (κ1) is 24.2. The molecule has 0 saturated carbocycles. The predicted molar refractivity (Wildman–Crippen MR) is 130 cm³/mol. The molecule has 8 nitrogen and oxygen atoms in total. The van der Waals surface area contributed by atoms with E-state index in [1.807, 2.05) is 36.1 Å². The van der Waals surface area contributed by atoms with Crippen molar-refractivity contribution in [3.63, 3.8) is 0 Å². The lowest BCUT2D eigenvalue weighted by Crippen LogP contribution is -2.51. The molecule has 0 bridgehead atoms. The minimum atomic E-state index is -0.278. The van der Waals surface area contributed by atoms with Gasteiger partial charge in [0.25, 0.3) is 5.91 Å². The van der Waals surface area contributed by atoms with Gasteiger partial charge in [0.1, 0.15) is 0 Å². The number of rotatable bonds is 9. The van der Waals surface area contributed by atoms with Gasteiger partial charge in [0.15, 0.2) is 0 Å². The minimum absolute atomic E-state index is 0.0263. The summed E-state index contributed by atoms with van der Waals surface area (Å²) < 4.78 is 0. The summed E-state index contributed by atoms with van der Waals surface area (Å²) in [5.74, 6) is -0.482. The fraction of sp³-hybridized carbons (Fsp3) is 0.320. The van der Waals surface area contributed by atoms with E-state index in [-0.39, 0.29) is 24.3 Å². The lowest BCUT2D eigenvalue weighted by molar-refractivity contribution is -0.123. The maximum absolute atomic E-state index is 12.8. The highest BCUT2D eigenvalue weighted by atomic mass is 16.2. The monoisotopic (exact) mass is 449 g/mol. The number of amides is 3. The highest BCUT2D eigenvalue weighted by molar-refractivity contribution is 6.10. The zero-order chi connectivity index (χ0) is 23.6. The second-order valence-corrected chi connectivity index (χ2v) is 8.06. The molecule has 3 amide bonds. The van der Waals surface area contributed by atoms with Gasteiger partial charge in [0.05, 0.1) is 24.3 Å². The zero-order valence-electron chi connectivity index (χ0n) is 19.0. The zero-order valence-corrected chi connectivity index (χ0v) is 19.0. The second-order valence-electron chi connectivity index (χ2n) is 8.06. The molecule has 174 valence electrons. The molecule has 0 unspecified atom stereocenters. The third-order valence-electron chi connectivity index (χ3n) is 5.36. The van der Waals surface area contributed by atoms with E-state index in [9.17, 15) is 14.4 Å². The van der Waals surface area contributed by atoms with Gasteiger partial charge in [-0.2, -0.15) is 0 Å². The smallest absolute Gasteiger partial charge is 0.257 e. The Morgan fingerprint density at radius 3 is 2.24 bits per heavy atom. The van der Waals surface area contributed by atoms with Crippen molar-refractivity contribution in [3.05, 3.63) is 72.3 Å². The molecule has 0 spiro atoms. The Morgan fingerprint density at radius 1 is 0.909 bits per heavy atom. The van der Waals surface area contributed by atoms with Crippen LogP contribution in [-0.4, -0.2) is 73.3 Å². The van der Waals surface area contributed by atoms with Crippen molar-refractivity contribution in [2.45, 2.75) is 6.92 Å². The highest BCUT2D eigenvalue weighted by Crippen LogP contribution is 2.18. The molecule has 0 atom stereocenters. The number of hydrogen-bond acceptors (Lipinski definition) is 5. The molecule has 2 aromatic carbocycles. The molecule has 1 aliphatic heterocycles. The fourth-order valence-corrected chi connectivity index (χ4v) is 3.65. The van der Waals surface area contributed by atoms with Crippen molar-refractivity contribution >= 4 is 29.1 Å². The second kappa shape index (κ2) is 11.9. The lowest BCUT2D eigenvalue weighted by atomic mass is 10.1.